The summed E-state index contributed by atoms with van der Waals surface area (Å²) in [5, 5.41) is 20.2. The third kappa shape index (κ3) is 1.84. The zero-order valence-electron chi connectivity index (χ0n) is 11.8. The van der Waals surface area contributed by atoms with Gasteiger partial charge < -0.3 is 10.2 Å². The van der Waals surface area contributed by atoms with Crippen LogP contribution in [0.25, 0.3) is 5.65 Å². The first-order chi connectivity index (χ1) is 10.4. The predicted molar refractivity (Wildman–Crippen MR) is 77.6 cm³/mol. The molecule has 0 aromatic carbocycles. The van der Waals surface area contributed by atoms with E-state index < -0.39 is 27.8 Å². The molecule has 118 valence electrons. The molecule has 2 fully saturated rings. The Kier molecular flexibility index (Phi) is 2.90. The number of aliphatic hydroxyl groups is 2. The third-order valence-electron chi connectivity index (χ3n) is 4.96. The number of fused-ring (bicyclic) bond motifs is 3. The average Bonchev–Trinajstić information content (AvgIpc) is 3.14. The summed E-state index contributed by atoms with van der Waals surface area (Å²) in [6, 6.07) is 5.23. The van der Waals surface area contributed by atoms with Crippen LogP contribution in [0.15, 0.2) is 35.6 Å². The molecule has 2 bridgehead atoms. The highest BCUT2D eigenvalue weighted by molar-refractivity contribution is 7.89. The molecule has 0 radical (unpaired) electrons. The van der Waals surface area contributed by atoms with Gasteiger partial charge in [-0.15, -0.1) is 0 Å². The van der Waals surface area contributed by atoms with Gasteiger partial charge in [0.1, 0.15) is 5.65 Å². The van der Waals surface area contributed by atoms with Gasteiger partial charge in [0.25, 0.3) is 10.0 Å². The second-order valence-corrected chi connectivity index (χ2v) is 7.85. The van der Waals surface area contributed by atoms with Gasteiger partial charge in [-0.25, -0.2) is 18.1 Å². The number of hydrogen-bond donors (Lipinski definition) is 3. The molecule has 4 atom stereocenters. The molecule has 2 heterocycles. The summed E-state index contributed by atoms with van der Waals surface area (Å²) in [4.78, 5) is 4.08. The number of aliphatic hydroxyl groups excluding tert-OH is 2. The first-order valence-electron chi connectivity index (χ1n) is 7.25. The Balaban J connectivity index is 1.73. The van der Waals surface area contributed by atoms with Crippen molar-refractivity contribution in [2.24, 2.45) is 5.92 Å². The number of rotatable bonds is 3. The molecule has 7 nitrogen and oxygen atoms in total. The van der Waals surface area contributed by atoms with E-state index in [0.29, 0.717) is 24.9 Å². The lowest BCUT2D eigenvalue weighted by Gasteiger charge is -2.34. The van der Waals surface area contributed by atoms with Crippen LogP contribution in [0.3, 0.4) is 0 Å². The van der Waals surface area contributed by atoms with Crippen LogP contribution in [0.5, 0.6) is 0 Å². The van der Waals surface area contributed by atoms with Crippen LogP contribution in [0.2, 0.25) is 0 Å². The van der Waals surface area contributed by atoms with Crippen molar-refractivity contribution in [1.82, 2.24) is 14.1 Å². The van der Waals surface area contributed by atoms with Crippen molar-refractivity contribution in [3.8, 4) is 0 Å². The van der Waals surface area contributed by atoms with Gasteiger partial charge in [0.15, 0.2) is 5.03 Å². The lowest BCUT2D eigenvalue weighted by atomic mass is 9.90. The molecule has 2 aromatic heterocycles. The van der Waals surface area contributed by atoms with Crippen LogP contribution in [-0.2, 0) is 10.0 Å². The fourth-order valence-corrected chi connectivity index (χ4v) is 5.39. The number of pyridine rings is 1. The summed E-state index contributed by atoms with van der Waals surface area (Å²) in [7, 11) is -3.85. The second-order valence-electron chi connectivity index (χ2n) is 6.23. The smallest absolute Gasteiger partial charge is 0.258 e. The average molecular weight is 323 g/mol. The van der Waals surface area contributed by atoms with E-state index in [0.717, 1.165) is 0 Å². The molecular formula is C14H17N3O4S. The fraction of sp³-hybridized carbons (Fsp3) is 0.500. The highest BCUT2D eigenvalue weighted by Gasteiger charge is 2.58. The van der Waals surface area contributed by atoms with Gasteiger partial charge in [-0.2, -0.15) is 0 Å². The zero-order chi connectivity index (χ0) is 15.5. The van der Waals surface area contributed by atoms with Crippen molar-refractivity contribution < 1.29 is 18.6 Å². The molecule has 2 saturated carbocycles. The Hall–Kier alpha value is -1.48. The fourth-order valence-electron chi connectivity index (χ4n) is 3.84. The van der Waals surface area contributed by atoms with E-state index in [9.17, 15) is 18.6 Å². The maximum Gasteiger partial charge on any atom is 0.258 e. The first-order valence-corrected chi connectivity index (χ1v) is 8.73. The van der Waals surface area contributed by atoms with Gasteiger partial charge in [-0.1, -0.05) is 6.07 Å². The minimum Gasteiger partial charge on any atom is -0.390 e. The number of sulfonamides is 1. The van der Waals surface area contributed by atoms with E-state index in [-0.39, 0.29) is 10.9 Å². The molecule has 0 spiro atoms. The summed E-state index contributed by atoms with van der Waals surface area (Å²) in [5.74, 6) is -0.0418. The van der Waals surface area contributed by atoms with Gasteiger partial charge in [-0.3, -0.25) is 4.40 Å². The molecule has 3 N–H and O–H groups in total. The lowest BCUT2D eigenvalue weighted by molar-refractivity contribution is -0.0283. The molecule has 2 aromatic rings. The monoisotopic (exact) mass is 323 g/mol. The SMILES string of the molecule is O=S(=O)(NC12CCC(C1)[C@H](O)[C@@H]2O)c1cnc2ccccn12. The number of hydrogen-bond acceptors (Lipinski definition) is 5. The molecule has 22 heavy (non-hydrogen) atoms. The van der Waals surface area contributed by atoms with Crippen LogP contribution in [0.1, 0.15) is 19.3 Å². The molecule has 2 aliphatic carbocycles. The van der Waals surface area contributed by atoms with Crippen LogP contribution in [-0.4, -0.2) is 45.8 Å². The summed E-state index contributed by atoms with van der Waals surface area (Å²) in [5.41, 5.74) is -0.432. The van der Waals surface area contributed by atoms with E-state index >= 15 is 0 Å². The number of nitrogens with zero attached hydrogens (tertiary/aromatic N) is 2. The summed E-state index contributed by atoms with van der Waals surface area (Å²) in [6.07, 6.45) is 2.72. The van der Waals surface area contributed by atoms with E-state index in [1.54, 1.807) is 24.4 Å². The normalized spacial score (nSPS) is 34.5. The Labute approximate surface area is 127 Å². The van der Waals surface area contributed by atoms with Gasteiger partial charge in [0.05, 0.1) is 23.9 Å². The van der Waals surface area contributed by atoms with Gasteiger partial charge in [-0.05, 0) is 37.3 Å². The van der Waals surface area contributed by atoms with Crippen molar-refractivity contribution in [1.29, 1.82) is 0 Å². The largest absolute Gasteiger partial charge is 0.390 e. The number of imidazole rings is 1. The molecule has 2 aliphatic rings. The van der Waals surface area contributed by atoms with Crippen LogP contribution in [0.4, 0.5) is 0 Å². The first kappa shape index (κ1) is 14.1. The Bertz CT molecular complexity index is 833. The summed E-state index contributed by atoms with van der Waals surface area (Å²) < 4.78 is 29.6. The highest BCUT2D eigenvalue weighted by atomic mass is 32.2. The van der Waals surface area contributed by atoms with Crippen molar-refractivity contribution in [2.75, 3.05) is 0 Å². The molecule has 0 saturated heterocycles. The van der Waals surface area contributed by atoms with Gasteiger partial charge >= 0.3 is 0 Å². The summed E-state index contributed by atoms with van der Waals surface area (Å²) >= 11 is 0. The van der Waals surface area contributed by atoms with Gasteiger partial charge in [0, 0.05) is 6.20 Å². The van der Waals surface area contributed by atoms with Crippen molar-refractivity contribution in [2.45, 2.75) is 42.0 Å². The third-order valence-corrected chi connectivity index (χ3v) is 6.48. The molecule has 0 aliphatic heterocycles. The molecule has 4 rings (SSSR count). The van der Waals surface area contributed by atoms with E-state index in [2.05, 4.69) is 9.71 Å². The molecule has 8 heteroatoms. The van der Waals surface area contributed by atoms with Crippen LogP contribution < -0.4 is 4.72 Å². The molecular weight excluding hydrogens is 306 g/mol. The van der Waals surface area contributed by atoms with Crippen molar-refractivity contribution >= 4 is 15.7 Å². The Morgan fingerprint density at radius 3 is 2.91 bits per heavy atom. The minimum atomic E-state index is -3.85. The standard InChI is InChI=1S/C14H17N3O4S/c18-12-9-4-5-14(7-9,13(12)19)16-22(20,21)11-8-15-10-3-1-2-6-17(10)11/h1-3,6,8-9,12-13,16,18-19H,4-5,7H2/t9?,12-,13-,14?/m0/s1. The van der Waals surface area contributed by atoms with Crippen LogP contribution in [0, 0.1) is 5.92 Å². The van der Waals surface area contributed by atoms with Crippen molar-refractivity contribution in [3.05, 3.63) is 30.6 Å². The van der Waals surface area contributed by atoms with Crippen LogP contribution >= 0.6 is 0 Å². The quantitative estimate of drug-likeness (QED) is 0.731. The highest BCUT2D eigenvalue weighted by Crippen LogP contribution is 2.48. The maximum atomic E-state index is 12.7. The molecule has 0 amide bonds. The van der Waals surface area contributed by atoms with E-state index in [1.807, 2.05) is 0 Å². The Morgan fingerprint density at radius 2 is 2.18 bits per heavy atom. The van der Waals surface area contributed by atoms with Gasteiger partial charge in [0.2, 0.25) is 0 Å². The second kappa shape index (κ2) is 4.51. The molecule has 2 unspecified atom stereocenters. The van der Waals surface area contributed by atoms with Crippen molar-refractivity contribution in [3.63, 3.8) is 0 Å². The van der Waals surface area contributed by atoms with E-state index in [1.165, 1.54) is 10.6 Å². The maximum absolute atomic E-state index is 12.7. The van der Waals surface area contributed by atoms with E-state index in [4.69, 9.17) is 0 Å². The lowest BCUT2D eigenvalue weighted by Crippen LogP contribution is -2.56. The topological polar surface area (TPSA) is 104 Å². The Morgan fingerprint density at radius 1 is 1.36 bits per heavy atom. The summed E-state index contributed by atoms with van der Waals surface area (Å²) in [6.45, 7) is 0. The number of nitrogens with one attached hydrogen (secondary N) is 1. The zero-order valence-corrected chi connectivity index (χ0v) is 12.6. The minimum absolute atomic E-state index is 0.0366. The predicted octanol–water partition coefficient (Wildman–Crippen LogP) is -0.113. The number of aromatic nitrogens is 2.